The van der Waals surface area contributed by atoms with Gasteiger partial charge in [0.15, 0.2) is 0 Å². The molecule has 0 aromatic rings. The van der Waals surface area contributed by atoms with E-state index in [0.29, 0.717) is 0 Å². The average molecular weight is 170 g/mol. The maximum Gasteiger partial charge on any atom is -0.00213 e. The van der Waals surface area contributed by atoms with Crippen LogP contribution in [0.3, 0.4) is 0 Å². The molecule has 2 heterocycles. The number of hydrogen-bond donors (Lipinski definition) is 0. The van der Waals surface area contributed by atoms with Crippen molar-refractivity contribution in [1.29, 1.82) is 0 Å². The summed E-state index contributed by atoms with van der Waals surface area (Å²) in [5.41, 5.74) is 0. The fourth-order valence-electron chi connectivity index (χ4n) is 1.75. The summed E-state index contributed by atoms with van der Waals surface area (Å²) in [6.45, 7) is 5.28. The molecule has 72 valence electrons. The quantitative estimate of drug-likeness (QED) is 0.542. The highest BCUT2D eigenvalue weighted by Crippen LogP contribution is 2.02. The molecule has 0 bridgehead atoms. The van der Waals surface area contributed by atoms with Gasteiger partial charge >= 0.3 is 0 Å². The van der Waals surface area contributed by atoms with Crippen molar-refractivity contribution in [3.63, 3.8) is 0 Å². The van der Waals surface area contributed by atoms with Crippen molar-refractivity contribution in [2.75, 3.05) is 40.3 Å². The molecule has 2 heteroatoms. The summed E-state index contributed by atoms with van der Waals surface area (Å²) >= 11 is 0. The molecule has 0 unspecified atom stereocenters. The molecule has 0 aromatic heterocycles. The third-order valence-corrected chi connectivity index (χ3v) is 2.66. The lowest BCUT2D eigenvalue weighted by molar-refractivity contribution is 0.418. The van der Waals surface area contributed by atoms with Crippen LogP contribution in [0.2, 0.25) is 0 Å². The first-order chi connectivity index (χ1) is 5.79. The minimum atomic E-state index is 1.32. The molecule has 2 fully saturated rings. The first kappa shape index (κ1) is 10.0. The Kier molecular flexibility index (Phi) is 4.62. The van der Waals surface area contributed by atoms with E-state index < -0.39 is 0 Å². The van der Waals surface area contributed by atoms with Gasteiger partial charge in [-0.3, -0.25) is 0 Å². The summed E-state index contributed by atoms with van der Waals surface area (Å²) in [7, 11) is 4.35. The molecule has 0 aliphatic carbocycles. The highest BCUT2D eigenvalue weighted by atomic mass is 15.1. The second-order valence-electron chi connectivity index (χ2n) is 4.02. The minimum Gasteiger partial charge on any atom is -0.306 e. The zero-order valence-corrected chi connectivity index (χ0v) is 8.55. The predicted octanol–water partition coefficient (Wildman–Crippen LogP) is 1.42. The van der Waals surface area contributed by atoms with Gasteiger partial charge in [0.2, 0.25) is 0 Å². The van der Waals surface area contributed by atoms with Crippen LogP contribution in [0.1, 0.15) is 25.7 Å². The lowest BCUT2D eigenvalue weighted by Gasteiger charge is -2.01. The summed E-state index contributed by atoms with van der Waals surface area (Å²) in [4.78, 5) is 4.72. The first-order valence-corrected chi connectivity index (χ1v) is 5.16. The van der Waals surface area contributed by atoms with Crippen molar-refractivity contribution < 1.29 is 0 Å². The Balaban J connectivity index is 0.000000120. The van der Waals surface area contributed by atoms with Crippen LogP contribution in [-0.2, 0) is 0 Å². The lowest BCUT2D eigenvalue weighted by atomic mass is 10.4. The van der Waals surface area contributed by atoms with Gasteiger partial charge in [0.1, 0.15) is 0 Å². The zero-order valence-electron chi connectivity index (χ0n) is 8.55. The molecule has 0 radical (unpaired) electrons. The smallest absolute Gasteiger partial charge is 0.00213 e. The van der Waals surface area contributed by atoms with Gasteiger partial charge in [-0.1, -0.05) is 0 Å². The largest absolute Gasteiger partial charge is 0.306 e. The summed E-state index contributed by atoms with van der Waals surface area (Å²) in [6.07, 6.45) is 5.65. The highest BCUT2D eigenvalue weighted by Gasteiger charge is 2.03. The number of likely N-dealkylation sites (tertiary alicyclic amines) is 2. The van der Waals surface area contributed by atoms with Crippen molar-refractivity contribution in [1.82, 2.24) is 9.80 Å². The molecule has 0 amide bonds. The van der Waals surface area contributed by atoms with Crippen LogP contribution in [0.4, 0.5) is 0 Å². The van der Waals surface area contributed by atoms with Crippen LogP contribution < -0.4 is 0 Å². The molecule has 2 nitrogen and oxygen atoms in total. The van der Waals surface area contributed by atoms with E-state index in [1.54, 1.807) is 0 Å². The number of rotatable bonds is 0. The Labute approximate surface area is 76.5 Å². The van der Waals surface area contributed by atoms with E-state index in [9.17, 15) is 0 Å². The maximum atomic E-state index is 2.36. The van der Waals surface area contributed by atoms with Crippen molar-refractivity contribution in [2.24, 2.45) is 0 Å². The van der Waals surface area contributed by atoms with Crippen LogP contribution >= 0.6 is 0 Å². The van der Waals surface area contributed by atoms with Crippen molar-refractivity contribution >= 4 is 0 Å². The molecule has 2 aliphatic heterocycles. The Morgan fingerprint density at radius 1 is 0.583 bits per heavy atom. The van der Waals surface area contributed by atoms with E-state index in [1.807, 2.05) is 0 Å². The van der Waals surface area contributed by atoms with Gasteiger partial charge < -0.3 is 9.80 Å². The first-order valence-electron chi connectivity index (χ1n) is 5.16. The molecule has 2 rings (SSSR count). The second-order valence-corrected chi connectivity index (χ2v) is 4.02. The molecule has 0 saturated carbocycles. The van der Waals surface area contributed by atoms with Gasteiger partial charge in [-0.25, -0.2) is 0 Å². The molecule has 0 atom stereocenters. The Hall–Kier alpha value is -0.0800. The van der Waals surface area contributed by atoms with E-state index in [4.69, 9.17) is 0 Å². The molecular weight excluding hydrogens is 148 g/mol. The molecule has 0 aromatic carbocycles. The molecule has 12 heavy (non-hydrogen) atoms. The fraction of sp³-hybridized carbons (Fsp3) is 1.00. The highest BCUT2D eigenvalue weighted by molar-refractivity contribution is 4.59. The Morgan fingerprint density at radius 3 is 0.917 bits per heavy atom. The van der Waals surface area contributed by atoms with E-state index in [2.05, 4.69) is 23.9 Å². The average Bonchev–Trinajstić information content (AvgIpc) is 2.63. The van der Waals surface area contributed by atoms with E-state index in [1.165, 1.54) is 51.9 Å². The van der Waals surface area contributed by atoms with Crippen LogP contribution in [-0.4, -0.2) is 50.1 Å². The van der Waals surface area contributed by atoms with Crippen molar-refractivity contribution in [2.45, 2.75) is 25.7 Å². The van der Waals surface area contributed by atoms with Gasteiger partial charge in [-0.05, 0) is 66.0 Å². The van der Waals surface area contributed by atoms with Gasteiger partial charge in [0, 0.05) is 0 Å². The van der Waals surface area contributed by atoms with Gasteiger partial charge in [-0.2, -0.15) is 0 Å². The van der Waals surface area contributed by atoms with Crippen LogP contribution in [0.25, 0.3) is 0 Å². The predicted molar refractivity (Wildman–Crippen MR) is 53.5 cm³/mol. The second kappa shape index (κ2) is 5.55. The third-order valence-electron chi connectivity index (χ3n) is 2.66. The van der Waals surface area contributed by atoms with Crippen molar-refractivity contribution in [3.05, 3.63) is 0 Å². The monoisotopic (exact) mass is 170 g/mol. The van der Waals surface area contributed by atoms with E-state index in [0.717, 1.165) is 0 Å². The van der Waals surface area contributed by atoms with Gasteiger partial charge in [0.05, 0.1) is 0 Å². The fourth-order valence-corrected chi connectivity index (χ4v) is 1.75. The van der Waals surface area contributed by atoms with E-state index >= 15 is 0 Å². The molecule has 2 aliphatic rings. The third kappa shape index (κ3) is 4.07. The standard InChI is InChI=1S/2C5H11N/c2*1-6-4-2-3-5-6/h2*2-5H2,1H3. The van der Waals surface area contributed by atoms with Gasteiger partial charge in [0.25, 0.3) is 0 Å². The summed E-state index contributed by atoms with van der Waals surface area (Å²) < 4.78 is 0. The molecule has 0 N–H and O–H groups in total. The molecule has 2 saturated heterocycles. The van der Waals surface area contributed by atoms with Crippen LogP contribution in [0.15, 0.2) is 0 Å². The Bertz CT molecular complexity index is 88.4. The maximum absolute atomic E-state index is 2.36. The van der Waals surface area contributed by atoms with E-state index in [-0.39, 0.29) is 0 Å². The minimum absolute atomic E-state index is 1.32. The molecular formula is C10H22N2. The Morgan fingerprint density at radius 2 is 0.833 bits per heavy atom. The van der Waals surface area contributed by atoms with Crippen LogP contribution in [0.5, 0.6) is 0 Å². The SMILES string of the molecule is CN1CCCC1.CN1CCCC1. The topological polar surface area (TPSA) is 6.48 Å². The normalized spacial score (nSPS) is 25.5. The summed E-state index contributed by atoms with van der Waals surface area (Å²) in [5, 5.41) is 0. The van der Waals surface area contributed by atoms with Crippen molar-refractivity contribution in [3.8, 4) is 0 Å². The zero-order chi connectivity index (χ0) is 8.81. The lowest BCUT2D eigenvalue weighted by Crippen LogP contribution is -2.10. The summed E-state index contributed by atoms with van der Waals surface area (Å²) in [6, 6.07) is 0. The van der Waals surface area contributed by atoms with Crippen LogP contribution in [0, 0.1) is 0 Å². The summed E-state index contributed by atoms with van der Waals surface area (Å²) in [5.74, 6) is 0. The number of nitrogens with zero attached hydrogens (tertiary/aromatic N) is 2. The molecule has 0 spiro atoms. The van der Waals surface area contributed by atoms with Gasteiger partial charge in [-0.15, -0.1) is 0 Å². The number of hydrogen-bond acceptors (Lipinski definition) is 2.